The first kappa shape index (κ1) is 26.9. The number of pyridine rings is 2. The maximum absolute atomic E-state index is 6.89. The van der Waals surface area contributed by atoms with Crippen LogP contribution in [-0.2, 0) is 0 Å². The molecule has 7 nitrogen and oxygen atoms in total. The Kier molecular flexibility index (Phi) is 6.45. The van der Waals surface area contributed by atoms with Crippen LogP contribution in [-0.4, -0.2) is 27.1 Å². The zero-order chi connectivity index (χ0) is 29.1. The van der Waals surface area contributed by atoms with Gasteiger partial charge in [-0.15, -0.1) is 12.0 Å². The molecule has 2 aromatic carbocycles. The second-order valence-corrected chi connectivity index (χ2v) is 13.4. The topological polar surface area (TPSA) is 77.1 Å². The van der Waals surface area contributed by atoms with Crippen molar-refractivity contribution in [1.82, 2.24) is 25.9 Å². The Morgan fingerprint density at radius 3 is 2.71 bits per heavy atom. The minimum Gasteiger partial charge on any atom is -0.383 e. The smallest absolute Gasteiger partial charge is 0.0950 e. The first-order valence-electron chi connectivity index (χ1n) is 14.7. The number of aromatic nitrogens is 2. The van der Waals surface area contributed by atoms with E-state index in [1.807, 2.05) is 18.3 Å². The number of hydrogen-bond acceptors (Lipinski definition) is 7. The fraction of sp³-hybridized carbons (Fsp3) is 0.353. The molecule has 214 valence electrons. The lowest BCUT2D eigenvalue weighted by molar-refractivity contribution is 0.156. The second-order valence-electron chi connectivity index (χ2n) is 13.0. The predicted octanol–water partition coefficient (Wildman–Crippen LogP) is 7.14. The average Bonchev–Trinajstić information content (AvgIpc) is 3.91. The summed E-state index contributed by atoms with van der Waals surface area (Å²) in [5.41, 5.74) is 13.6. The van der Waals surface area contributed by atoms with Crippen molar-refractivity contribution in [1.29, 1.82) is 0 Å². The van der Waals surface area contributed by atoms with Gasteiger partial charge in [0.05, 0.1) is 44.6 Å². The predicted molar refractivity (Wildman–Crippen MR) is 172 cm³/mol. The van der Waals surface area contributed by atoms with Crippen LogP contribution in [0.4, 0.5) is 11.4 Å². The second kappa shape index (κ2) is 10.1. The van der Waals surface area contributed by atoms with E-state index in [1.54, 1.807) is 6.20 Å². The molecule has 3 heterocycles. The van der Waals surface area contributed by atoms with E-state index in [0.717, 1.165) is 56.9 Å². The van der Waals surface area contributed by atoms with Gasteiger partial charge in [0.15, 0.2) is 0 Å². The molecule has 42 heavy (non-hydrogen) atoms. The number of benzene rings is 2. The molecule has 8 heteroatoms. The molecule has 0 spiro atoms. The Bertz CT molecular complexity index is 1750. The number of rotatable bonds is 8. The molecule has 0 radical (unpaired) electrons. The summed E-state index contributed by atoms with van der Waals surface area (Å²) in [6.07, 6.45) is 16.8. The molecular weight excluding hydrogens is 542 g/mol. The molecule has 1 aliphatic heterocycles. The number of anilines is 2. The van der Waals surface area contributed by atoms with E-state index < -0.39 is 0 Å². The molecule has 4 N–H and O–H groups in total. The molecule has 0 amide bonds. The quantitative estimate of drug-likeness (QED) is 0.166. The van der Waals surface area contributed by atoms with Gasteiger partial charge in [-0.25, -0.2) is 0 Å². The number of nitrogens with zero attached hydrogens (tertiary/aromatic N) is 3. The standard InChI is InChI=1S/C34H36ClN7/c1-5-21-18-37-31-26(30(21)38-20-33(2,3)4)16-23(17-27(31)35)39-32(25-8-6-10-28-24(25)9-7-15-36-28)29-19-42(41-40-29)34(13-14-34)22-11-12-22/h1,6-10,15-19,22,32,39-41H,11-14,20H2,2-4H3,(H,37,38)/t32-/m0/s1. The summed E-state index contributed by atoms with van der Waals surface area (Å²) < 4.78 is 0. The maximum atomic E-state index is 6.89. The van der Waals surface area contributed by atoms with Crippen LogP contribution in [0.2, 0.25) is 5.02 Å². The van der Waals surface area contributed by atoms with E-state index in [0.29, 0.717) is 10.6 Å². The summed E-state index contributed by atoms with van der Waals surface area (Å²) >= 11 is 6.89. The molecule has 2 aliphatic carbocycles. The minimum absolute atomic E-state index is 0.0630. The summed E-state index contributed by atoms with van der Waals surface area (Å²) in [5, 5.41) is 12.3. The number of fused-ring (bicyclic) bond motifs is 2. The van der Waals surface area contributed by atoms with E-state index in [2.05, 4.69) is 99.8 Å². The molecule has 7 rings (SSSR count). The molecule has 0 unspecified atom stereocenters. The first-order chi connectivity index (χ1) is 20.3. The Morgan fingerprint density at radius 2 is 1.98 bits per heavy atom. The highest BCUT2D eigenvalue weighted by Gasteiger charge is 2.58. The van der Waals surface area contributed by atoms with Gasteiger partial charge in [-0.05, 0) is 66.8 Å². The van der Waals surface area contributed by atoms with Crippen molar-refractivity contribution in [2.75, 3.05) is 17.2 Å². The number of hydrogen-bond donors (Lipinski definition) is 4. The number of hydrazine groups is 2. The Balaban J connectivity index is 1.32. The lowest BCUT2D eigenvalue weighted by Gasteiger charge is -2.26. The molecule has 3 aliphatic rings. The number of halogens is 1. The van der Waals surface area contributed by atoms with Crippen molar-refractivity contribution in [3.63, 3.8) is 0 Å². The van der Waals surface area contributed by atoms with E-state index >= 15 is 0 Å². The largest absolute Gasteiger partial charge is 0.383 e. The van der Waals surface area contributed by atoms with Gasteiger partial charge in [0, 0.05) is 41.6 Å². The summed E-state index contributed by atoms with van der Waals surface area (Å²) in [4.78, 5) is 9.26. The zero-order valence-corrected chi connectivity index (χ0v) is 25.0. The van der Waals surface area contributed by atoms with Crippen LogP contribution < -0.4 is 21.6 Å². The summed E-state index contributed by atoms with van der Waals surface area (Å²) in [7, 11) is 0. The van der Waals surface area contributed by atoms with Crippen molar-refractivity contribution in [2.45, 2.75) is 58.0 Å². The summed E-state index contributed by atoms with van der Waals surface area (Å²) in [6, 6.07) is 14.3. The summed E-state index contributed by atoms with van der Waals surface area (Å²) in [6.45, 7) is 7.33. The minimum atomic E-state index is -0.200. The van der Waals surface area contributed by atoms with Gasteiger partial charge in [-0.1, -0.05) is 56.5 Å². The molecule has 2 aromatic heterocycles. The van der Waals surface area contributed by atoms with E-state index in [-0.39, 0.29) is 17.0 Å². The van der Waals surface area contributed by atoms with Crippen LogP contribution in [0.15, 0.2) is 66.8 Å². The highest BCUT2D eigenvalue weighted by Crippen LogP contribution is 2.57. The third-order valence-electron chi connectivity index (χ3n) is 8.66. The van der Waals surface area contributed by atoms with Gasteiger partial charge in [0.1, 0.15) is 0 Å². The fourth-order valence-electron chi connectivity index (χ4n) is 6.17. The van der Waals surface area contributed by atoms with Gasteiger partial charge in [0.25, 0.3) is 0 Å². The van der Waals surface area contributed by atoms with Gasteiger partial charge in [-0.3, -0.25) is 15.0 Å². The molecular formula is C34H36ClN7. The fourth-order valence-corrected chi connectivity index (χ4v) is 6.44. The normalized spacial score (nSPS) is 18.4. The SMILES string of the molecule is C#Cc1cnc2c(Cl)cc(N[C@H](C3=CN(C4(C5CC5)CC4)NN3)c3cccc4ncccc34)cc2c1NCC(C)(C)C. The van der Waals surface area contributed by atoms with Crippen molar-refractivity contribution in [2.24, 2.45) is 11.3 Å². The van der Waals surface area contributed by atoms with E-state index in [4.69, 9.17) is 18.0 Å². The zero-order valence-electron chi connectivity index (χ0n) is 24.3. The highest BCUT2D eigenvalue weighted by molar-refractivity contribution is 6.35. The first-order valence-corrected chi connectivity index (χ1v) is 15.1. The molecule has 1 atom stereocenters. The van der Waals surface area contributed by atoms with Crippen LogP contribution in [0.3, 0.4) is 0 Å². The molecule has 0 bridgehead atoms. The average molecular weight is 578 g/mol. The Hall–Kier alpha value is -3.99. The molecule has 4 aromatic rings. The Labute approximate surface area is 252 Å². The van der Waals surface area contributed by atoms with Gasteiger partial charge in [-0.2, -0.15) is 0 Å². The molecule has 2 saturated carbocycles. The monoisotopic (exact) mass is 577 g/mol. The summed E-state index contributed by atoms with van der Waals surface area (Å²) in [5.74, 6) is 3.58. The van der Waals surface area contributed by atoms with Crippen molar-refractivity contribution < 1.29 is 0 Å². The van der Waals surface area contributed by atoms with Crippen LogP contribution in [0, 0.1) is 23.7 Å². The third-order valence-corrected chi connectivity index (χ3v) is 8.94. The maximum Gasteiger partial charge on any atom is 0.0950 e. The van der Waals surface area contributed by atoms with Crippen LogP contribution in [0.5, 0.6) is 0 Å². The van der Waals surface area contributed by atoms with Crippen LogP contribution in [0.1, 0.15) is 63.6 Å². The van der Waals surface area contributed by atoms with Gasteiger partial charge < -0.3 is 16.1 Å². The van der Waals surface area contributed by atoms with Gasteiger partial charge >= 0.3 is 0 Å². The van der Waals surface area contributed by atoms with E-state index in [9.17, 15) is 0 Å². The van der Waals surface area contributed by atoms with Crippen LogP contribution in [0.25, 0.3) is 21.8 Å². The molecule has 0 saturated heterocycles. The number of nitrogens with one attached hydrogen (secondary N) is 4. The van der Waals surface area contributed by atoms with Gasteiger partial charge in [0.2, 0.25) is 0 Å². The molecule has 2 fully saturated rings. The highest BCUT2D eigenvalue weighted by atomic mass is 35.5. The van der Waals surface area contributed by atoms with Crippen molar-refractivity contribution in [3.05, 3.63) is 82.9 Å². The number of terminal acetylenes is 1. The van der Waals surface area contributed by atoms with Crippen molar-refractivity contribution >= 4 is 44.8 Å². The van der Waals surface area contributed by atoms with E-state index in [1.165, 1.54) is 25.7 Å². The van der Waals surface area contributed by atoms with Crippen molar-refractivity contribution in [3.8, 4) is 12.3 Å². The third kappa shape index (κ3) is 4.89. The lowest BCUT2D eigenvalue weighted by Crippen LogP contribution is -2.46. The van der Waals surface area contributed by atoms with Crippen LogP contribution >= 0.6 is 11.6 Å². The lowest BCUT2D eigenvalue weighted by atomic mass is 9.96. The Morgan fingerprint density at radius 1 is 1.14 bits per heavy atom.